The van der Waals surface area contributed by atoms with Gasteiger partial charge in [0.15, 0.2) is 0 Å². The Morgan fingerprint density at radius 2 is 2.04 bits per heavy atom. The molecule has 27 heavy (non-hydrogen) atoms. The smallest absolute Gasteiger partial charge is 0.229 e. The molecule has 1 aliphatic heterocycles. The molecular formula is C21H23ClN2O3. The molecular weight excluding hydrogens is 364 g/mol. The molecule has 0 bridgehead atoms. The zero-order valence-corrected chi connectivity index (χ0v) is 16.5. The zero-order chi connectivity index (χ0) is 19.6. The Kier molecular flexibility index (Phi) is 5.71. The summed E-state index contributed by atoms with van der Waals surface area (Å²) >= 11 is 6.38. The SMILES string of the molecule is CCOc1ccccc1NC(=O)C1CC(=O)N(c2c(C)cc(C)cc2Cl)C1. The summed E-state index contributed by atoms with van der Waals surface area (Å²) in [7, 11) is 0. The molecule has 5 nitrogen and oxygen atoms in total. The fraction of sp³-hybridized carbons (Fsp3) is 0.333. The molecule has 0 aliphatic carbocycles. The molecule has 1 heterocycles. The number of hydrogen-bond donors (Lipinski definition) is 1. The molecule has 0 saturated carbocycles. The van der Waals surface area contributed by atoms with Crippen LogP contribution in [0.4, 0.5) is 11.4 Å². The van der Waals surface area contributed by atoms with Crippen molar-refractivity contribution in [1.29, 1.82) is 0 Å². The largest absolute Gasteiger partial charge is 0.492 e. The Morgan fingerprint density at radius 3 is 2.74 bits per heavy atom. The number of amides is 2. The molecule has 1 atom stereocenters. The van der Waals surface area contributed by atoms with Gasteiger partial charge in [0.05, 0.1) is 28.9 Å². The lowest BCUT2D eigenvalue weighted by molar-refractivity contribution is -0.122. The summed E-state index contributed by atoms with van der Waals surface area (Å²) in [5.41, 5.74) is 3.27. The lowest BCUT2D eigenvalue weighted by atomic mass is 10.1. The molecule has 1 aliphatic rings. The van der Waals surface area contributed by atoms with E-state index in [1.807, 2.05) is 45.0 Å². The number of halogens is 1. The number of ether oxygens (including phenoxy) is 1. The molecule has 2 aromatic carbocycles. The van der Waals surface area contributed by atoms with Crippen molar-refractivity contribution in [2.75, 3.05) is 23.4 Å². The first-order valence-corrected chi connectivity index (χ1v) is 9.38. The van der Waals surface area contributed by atoms with Gasteiger partial charge in [0.25, 0.3) is 0 Å². The average molecular weight is 387 g/mol. The van der Waals surface area contributed by atoms with Crippen LogP contribution < -0.4 is 15.0 Å². The summed E-state index contributed by atoms with van der Waals surface area (Å²) in [6.45, 7) is 6.59. The van der Waals surface area contributed by atoms with Gasteiger partial charge in [-0.2, -0.15) is 0 Å². The lowest BCUT2D eigenvalue weighted by Crippen LogP contribution is -2.29. The Morgan fingerprint density at radius 1 is 1.30 bits per heavy atom. The normalized spacial score (nSPS) is 16.5. The van der Waals surface area contributed by atoms with Crippen LogP contribution in [0.2, 0.25) is 5.02 Å². The summed E-state index contributed by atoms with van der Waals surface area (Å²) in [6, 6.07) is 11.1. The minimum Gasteiger partial charge on any atom is -0.492 e. The highest BCUT2D eigenvalue weighted by Crippen LogP contribution is 2.35. The topological polar surface area (TPSA) is 58.6 Å². The molecule has 0 aromatic heterocycles. The quantitative estimate of drug-likeness (QED) is 0.831. The summed E-state index contributed by atoms with van der Waals surface area (Å²) in [4.78, 5) is 26.9. The standard InChI is InChI=1S/C21H23ClN2O3/c1-4-27-18-8-6-5-7-17(18)23-21(26)15-11-19(25)24(12-15)20-14(3)9-13(2)10-16(20)22/h5-10,15H,4,11-12H2,1-3H3,(H,23,26). The van der Waals surface area contributed by atoms with E-state index in [0.717, 1.165) is 11.1 Å². The maximum atomic E-state index is 12.7. The van der Waals surface area contributed by atoms with Crippen molar-refractivity contribution in [2.45, 2.75) is 27.2 Å². The van der Waals surface area contributed by atoms with Crippen LogP contribution in [0.3, 0.4) is 0 Å². The fourth-order valence-electron chi connectivity index (χ4n) is 3.44. The van der Waals surface area contributed by atoms with E-state index in [-0.39, 0.29) is 18.2 Å². The number of anilines is 2. The Bertz CT molecular complexity index is 858. The average Bonchev–Trinajstić information content (AvgIpc) is 2.98. The molecule has 142 valence electrons. The number of hydrogen-bond acceptors (Lipinski definition) is 3. The van der Waals surface area contributed by atoms with Gasteiger partial charge >= 0.3 is 0 Å². The Labute approximate surface area is 164 Å². The second-order valence-corrected chi connectivity index (χ2v) is 7.14. The summed E-state index contributed by atoms with van der Waals surface area (Å²) in [6.07, 6.45) is 0.159. The van der Waals surface area contributed by atoms with Crippen LogP contribution in [0.1, 0.15) is 24.5 Å². The Hall–Kier alpha value is -2.53. The van der Waals surface area contributed by atoms with Crippen LogP contribution in [0.5, 0.6) is 5.75 Å². The van der Waals surface area contributed by atoms with Gasteiger partial charge in [0, 0.05) is 13.0 Å². The van der Waals surface area contributed by atoms with E-state index in [4.69, 9.17) is 16.3 Å². The van der Waals surface area contributed by atoms with Crippen LogP contribution >= 0.6 is 11.6 Å². The first-order chi connectivity index (χ1) is 12.9. The minimum absolute atomic E-state index is 0.0953. The van der Waals surface area contributed by atoms with Crippen LogP contribution in [0.25, 0.3) is 0 Å². The molecule has 1 fully saturated rings. The number of aryl methyl sites for hydroxylation is 2. The van der Waals surface area contributed by atoms with Crippen molar-refractivity contribution < 1.29 is 14.3 Å². The molecule has 1 unspecified atom stereocenters. The van der Waals surface area contributed by atoms with E-state index in [1.165, 1.54) is 0 Å². The van der Waals surface area contributed by atoms with Crippen molar-refractivity contribution in [3.8, 4) is 5.75 Å². The number of para-hydroxylation sites is 2. The zero-order valence-electron chi connectivity index (χ0n) is 15.7. The van der Waals surface area contributed by atoms with Gasteiger partial charge in [-0.05, 0) is 50.1 Å². The maximum Gasteiger partial charge on any atom is 0.229 e. The van der Waals surface area contributed by atoms with Crippen LogP contribution in [-0.2, 0) is 9.59 Å². The van der Waals surface area contributed by atoms with Gasteiger partial charge in [0.2, 0.25) is 11.8 Å². The number of benzene rings is 2. The number of nitrogens with zero attached hydrogens (tertiary/aromatic N) is 1. The molecule has 0 spiro atoms. The first-order valence-electron chi connectivity index (χ1n) is 9.00. The fourth-order valence-corrected chi connectivity index (χ4v) is 3.86. The Balaban J connectivity index is 1.77. The van der Waals surface area contributed by atoms with Gasteiger partial charge in [-0.15, -0.1) is 0 Å². The van der Waals surface area contributed by atoms with E-state index in [9.17, 15) is 9.59 Å². The van der Waals surface area contributed by atoms with Crippen molar-refractivity contribution in [3.05, 3.63) is 52.5 Å². The van der Waals surface area contributed by atoms with Gasteiger partial charge < -0.3 is 15.0 Å². The molecule has 3 rings (SSSR count). The first kappa shape index (κ1) is 19.2. The molecule has 2 aromatic rings. The molecule has 1 saturated heterocycles. The molecule has 2 amide bonds. The highest BCUT2D eigenvalue weighted by molar-refractivity contribution is 6.34. The van der Waals surface area contributed by atoms with Gasteiger partial charge in [-0.25, -0.2) is 0 Å². The predicted molar refractivity (Wildman–Crippen MR) is 108 cm³/mol. The third-order valence-electron chi connectivity index (χ3n) is 4.61. The third kappa shape index (κ3) is 4.08. The highest BCUT2D eigenvalue weighted by Gasteiger charge is 2.36. The van der Waals surface area contributed by atoms with Crippen molar-refractivity contribution in [1.82, 2.24) is 0 Å². The number of rotatable bonds is 5. The van der Waals surface area contributed by atoms with Crippen LogP contribution in [0.15, 0.2) is 36.4 Å². The maximum absolute atomic E-state index is 12.7. The van der Waals surface area contributed by atoms with E-state index < -0.39 is 5.92 Å². The second-order valence-electron chi connectivity index (χ2n) is 6.74. The minimum atomic E-state index is -0.441. The summed E-state index contributed by atoms with van der Waals surface area (Å²) in [5.74, 6) is -0.114. The third-order valence-corrected chi connectivity index (χ3v) is 4.90. The van der Waals surface area contributed by atoms with E-state index >= 15 is 0 Å². The number of nitrogens with one attached hydrogen (secondary N) is 1. The van der Waals surface area contributed by atoms with Crippen molar-refractivity contribution in [2.24, 2.45) is 5.92 Å². The van der Waals surface area contributed by atoms with Gasteiger partial charge in [-0.1, -0.05) is 29.8 Å². The van der Waals surface area contributed by atoms with E-state index in [1.54, 1.807) is 17.0 Å². The monoisotopic (exact) mass is 386 g/mol. The highest BCUT2D eigenvalue weighted by atomic mass is 35.5. The van der Waals surface area contributed by atoms with Gasteiger partial charge in [-0.3, -0.25) is 9.59 Å². The number of carbonyl (C=O) groups excluding carboxylic acids is 2. The second kappa shape index (κ2) is 8.01. The van der Waals surface area contributed by atoms with Crippen LogP contribution in [0, 0.1) is 19.8 Å². The van der Waals surface area contributed by atoms with E-state index in [2.05, 4.69) is 5.32 Å². The van der Waals surface area contributed by atoms with Gasteiger partial charge in [0.1, 0.15) is 5.75 Å². The summed E-state index contributed by atoms with van der Waals surface area (Å²) in [5, 5.41) is 3.42. The van der Waals surface area contributed by atoms with Crippen LogP contribution in [-0.4, -0.2) is 25.0 Å². The van der Waals surface area contributed by atoms with E-state index in [0.29, 0.717) is 35.3 Å². The predicted octanol–water partition coefficient (Wildman–Crippen LogP) is 4.35. The van der Waals surface area contributed by atoms with Crippen molar-refractivity contribution >= 4 is 34.8 Å². The number of carbonyl (C=O) groups is 2. The molecule has 0 radical (unpaired) electrons. The van der Waals surface area contributed by atoms with Crippen molar-refractivity contribution in [3.63, 3.8) is 0 Å². The molecule has 6 heteroatoms. The lowest BCUT2D eigenvalue weighted by Gasteiger charge is -2.21. The summed E-state index contributed by atoms with van der Waals surface area (Å²) < 4.78 is 5.55. The molecule has 1 N–H and O–H groups in total.